The summed E-state index contributed by atoms with van der Waals surface area (Å²) >= 11 is 0. The van der Waals surface area contributed by atoms with Crippen molar-refractivity contribution in [2.45, 2.75) is 77.3 Å². The van der Waals surface area contributed by atoms with Crippen LogP contribution >= 0.6 is 0 Å². The van der Waals surface area contributed by atoms with E-state index in [1.165, 1.54) is 18.2 Å². The molecule has 51 heavy (non-hydrogen) atoms. The highest BCUT2D eigenvalue weighted by Gasteiger charge is 2.39. The van der Waals surface area contributed by atoms with Crippen LogP contribution in [0, 0.1) is 30.6 Å². The van der Waals surface area contributed by atoms with Crippen molar-refractivity contribution in [1.82, 2.24) is 25.3 Å². The van der Waals surface area contributed by atoms with E-state index in [4.69, 9.17) is 14.1 Å². The van der Waals surface area contributed by atoms with Gasteiger partial charge in [-0.1, -0.05) is 45.0 Å². The van der Waals surface area contributed by atoms with Crippen molar-refractivity contribution < 1.29 is 27.5 Å². The highest BCUT2D eigenvalue weighted by atomic mass is 32.2. The Labute approximate surface area is 296 Å². The minimum absolute atomic E-state index is 0.00836. The lowest BCUT2D eigenvalue weighted by Crippen LogP contribution is -2.36. The number of sulfonamides is 1. The van der Waals surface area contributed by atoms with Crippen LogP contribution < -0.4 is 14.8 Å². The summed E-state index contributed by atoms with van der Waals surface area (Å²) in [5.74, 6) is -0.741. The number of hydrogen-bond donors (Lipinski definition) is 3. The zero-order chi connectivity index (χ0) is 36.5. The second-order valence-electron chi connectivity index (χ2n) is 13.6. The number of ether oxygens (including phenoxy) is 1. The summed E-state index contributed by atoms with van der Waals surface area (Å²) in [7, 11) is -4.26. The Bertz CT molecular complexity index is 2250. The van der Waals surface area contributed by atoms with Gasteiger partial charge in [0.1, 0.15) is 29.5 Å². The van der Waals surface area contributed by atoms with Crippen LogP contribution in [0.4, 0.5) is 5.95 Å². The lowest BCUT2D eigenvalue weighted by atomic mass is 9.99. The average molecular weight is 710 g/mol. The molecule has 1 aliphatic rings. The van der Waals surface area contributed by atoms with Crippen LogP contribution in [0.2, 0.25) is 0 Å². The number of anilines is 1. The summed E-state index contributed by atoms with van der Waals surface area (Å²) in [5.41, 5.74) is 4.92. The molecule has 3 heterocycles. The molecule has 0 spiro atoms. The Balaban J connectivity index is 1.27. The molecule has 0 amide bonds. The Kier molecular flexibility index (Phi) is 9.79. The van der Waals surface area contributed by atoms with Crippen molar-refractivity contribution in [1.29, 1.82) is 5.26 Å². The van der Waals surface area contributed by atoms with E-state index in [-0.39, 0.29) is 46.3 Å². The molecule has 3 aromatic heterocycles. The largest absolute Gasteiger partial charge is 0.478 e. The van der Waals surface area contributed by atoms with Gasteiger partial charge in [0.15, 0.2) is 0 Å². The number of aromatic nitrogens is 4. The minimum Gasteiger partial charge on any atom is -0.478 e. The summed E-state index contributed by atoms with van der Waals surface area (Å²) < 4.78 is 41.3. The van der Waals surface area contributed by atoms with Crippen LogP contribution in [-0.2, 0) is 16.6 Å². The molecule has 14 heteroatoms. The highest BCUT2D eigenvalue weighted by molar-refractivity contribution is 7.92. The molecule has 1 atom stereocenters. The number of nitrogens with zero attached hydrogens (tertiary/aromatic N) is 5. The Morgan fingerprint density at radius 2 is 1.82 bits per heavy atom. The van der Waals surface area contributed by atoms with Gasteiger partial charge in [-0.3, -0.25) is 0 Å². The second kappa shape index (κ2) is 14.1. The van der Waals surface area contributed by atoms with Crippen LogP contribution in [0.15, 0.2) is 64.0 Å². The van der Waals surface area contributed by atoms with Crippen molar-refractivity contribution in [2.75, 3.05) is 11.3 Å². The van der Waals surface area contributed by atoms with Crippen molar-refractivity contribution in [2.24, 2.45) is 5.41 Å². The number of nitrogens with one attached hydrogen (secondary N) is 2. The number of rotatable bonds is 14. The van der Waals surface area contributed by atoms with Gasteiger partial charge in [-0.05, 0) is 67.9 Å². The smallest absolute Gasteiger partial charge is 0.335 e. The molecule has 2 aromatic carbocycles. The van der Waals surface area contributed by atoms with E-state index >= 15 is 0 Å². The third-order valence-corrected chi connectivity index (χ3v) is 10.3. The fourth-order valence-electron chi connectivity index (χ4n) is 6.03. The molecule has 1 unspecified atom stereocenters. The first-order chi connectivity index (χ1) is 24.2. The summed E-state index contributed by atoms with van der Waals surface area (Å²) in [6.45, 7) is 10.6. The summed E-state index contributed by atoms with van der Waals surface area (Å²) in [5, 5.41) is 22.7. The molecule has 1 saturated carbocycles. The molecule has 0 radical (unpaired) electrons. The minimum atomic E-state index is -4.26. The van der Waals surface area contributed by atoms with Gasteiger partial charge in [-0.2, -0.15) is 10.2 Å². The van der Waals surface area contributed by atoms with E-state index in [9.17, 15) is 23.6 Å². The molecule has 0 bridgehead atoms. The molecule has 3 N–H and O–H groups in total. The Morgan fingerprint density at radius 3 is 2.49 bits per heavy atom. The molecule has 264 valence electrons. The number of aryl methyl sites for hydroxylation is 2. The van der Waals surface area contributed by atoms with Gasteiger partial charge in [0.2, 0.25) is 17.5 Å². The molecular formula is C37H39N7O6S. The maximum atomic E-state index is 13.4. The van der Waals surface area contributed by atoms with Gasteiger partial charge in [0, 0.05) is 30.1 Å². The number of nitriles is 1. The van der Waals surface area contributed by atoms with E-state index in [0.717, 1.165) is 42.0 Å². The molecule has 0 saturated heterocycles. The first-order valence-corrected chi connectivity index (χ1v) is 18.1. The van der Waals surface area contributed by atoms with Crippen molar-refractivity contribution >= 4 is 33.2 Å². The number of hydrogen-bond acceptors (Lipinski definition) is 11. The number of carboxylic acid groups (broad SMARTS) is 1. The standard InChI is InChI=1S/C37H39N7O6S/c1-21(2)33-28(17-38)32-34(50-33)40-19-26(41-32)18-39-25(16-37(5)12-13-37)20-49-30-15-29(31-22(3)8-6-9-23(31)4)42-36(43-30)44-51(47,48)27-11-7-10-24(14-27)35(45)46/h6-11,14-15,19,21,25,39H,12-13,16,18,20H2,1-5H3,(H,45,46)(H,42,43,44). The van der Waals surface area contributed by atoms with Crippen LogP contribution in [-0.4, -0.2) is 52.1 Å². The van der Waals surface area contributed by atoms with E-state index in [2.05, 4.69) is 38.0 Å². The monoisotopic (exact) mass is 709 g/mol. The van der Waals surface area contributed by atoms with E-state index in [0.29, 0.717) is 40.5 Å². The summed E-state index contributed by atoms with van der Waals surface area (Å²) in [6, 6.07) is 14.6. The predicted molar refractivity (Wildman–Crippen MR) is 190 cm³/mol. The van der Waals surface area contributed by atoms with Crippen LogP contribution in [0.5, 0.6) is 5.88 Å². The molecule has 1 fully saturated rings. The van der Waals surface area contributed by atoms with Crippen LogP contribution in [0.3, 0.4) is 0 Å². The van der Waals surface area contributed by atoms with Gasteiger partial charge in [-0.15, -0.1) is 0 Å². The number of carbonyl (C=O) groups is 1. The molecule has 5 aromatic rings. The third kappa shape index (κ3) is 8.00. The van der Waals surface area contributed by atoms with Crippen molar-refractivity contribution in [3.05, 3.63) is 88.4 Å². The number of aromatic carboxylic acids is 1. The fraction of sp³-hybridized carbons (Fsp3) is 0.351. The number of carboxylic acids is 1. The zero-order valence-electron chi connectivity index (χ0n) is 29.0. The lowest BCUT2D eigenvalue weighted by molar-refractivity contribution is 0.0696. The SMILES string of the molecule is Cc1cccc(C)c1-c1cc(OCC(CC2(C)CC2)NCc2cnc3oc(C(C)C)c(C#N)c3n2)nc(NS(=O)(=O)c2cccc(C(=O)O)c2)n1. The maximum Gasteiger partial charge on any atom is 0.335 e. The van der Waals surface area contributed by atoms with Crippen LogP contribution in [0.1, 0.15) is 84.5 Å². The summed E-state index contributed by atoms with van der Waals surface area (Å²) in [6.07, 6.45) is 4.62. The lowest BCUT2D eigenvalue weighted by Gasteiger charge is -2.22. The quantitative estimate of drug-likeness (QED) is 0.113. The molecular weight excluding hydrogens is 671 g/mol. The van der Waals surface area contributed by atoms with Crippen molar-refractivity contribution in [3.63, 3.8) is 0 Å². The van der Waals surface area contributed by atoms with Gasteiger partial charge in [0.25, 0.3) is 10.0 Å². The number of benzene rings is 2. The molecule has 1 aliphatic carbocycles. The van der Waals surface area contributed by atoms with E-state index in [1.54, 1.807) is 12.3 Å². The van der Waals surface area contributed by atoms with Crippen molar-refractivity contribution in [3.8, 4) is 23.2 Å². The van der Waals surface area contributed by atoms with E-state index in [1.807, 2.05) is 45.9 Å². The maximum absolute atomic E-state index is 13.4. The first-order valence-electron chi connectivity index (χ1n) is 16.6. The molecule has 6 rings (SSSR count). The average Bonchev–Trinajstić information content (AvgIpc) is 3.69. The predicted octanol–water partition coefficient (Wildman–Crippen LogP) is 6.52. The summed E-state index contributed by atoms with van der Waals surface area (Å²) in [4.78, 5) is 29.4. The van der Waals surface area contributed by atoms with Gasteiger partial charge < -0.3 is 19.6 Å². The second-order valence-corrected chi connectivity index (χ2v) is 15.3. The van der Waals surface area contributed by atoms with Gasteiger partial charge in [0.05, 0.1) is 28.0 Å². The third-order valence-electron chi connectivity index (χ3n) is 9.02. The normalized spacial score (nSPS) is 14.3. The highest BCUT2D eigenvalue weighted by Crippen LogP contribution is 2.49. The molecule has 13 nitrogen and oxygen atoms in total. The number of furan rings is 1. The first kappa shape index (κ1) is 35.4. The number of fused-ring (bicyclic) bond motifs is 1. The van der Waals surface area contributed by atoms with E-state index < -0.39 is 16.0 Å². The van der Waals surface area contributed by atoms with Gasteiger partial charge >= 0.3 is 5.97 Å². The Morgan fingerprint density at radius 1 is 1.10 bits per heavy atom. The topological polar surface area (TPSA) is 193 Å². The molecule has 0 aliphatic heterocycles. The fourth-order valence-corrected chi connectivity index (χ4v) is 7.02. The Hall–Kier alpha value is -5.39. The van der Waals surface area contributed by atoms with Crippen LogP contribution in [0.25, 0.3) is 22.5 Å². The van der Waals surface area contributed by atoms with Gasteiger partial charge in [-0.25, -0.2) is 32.9 Å². The zero-order valence-corrected chi connectivity index (χ0v) is 29.8.